The fourth-order valence-corrected chi connectivity index (χ4v) is 3.92. The van der Waals surface area contributed by atoms with Gasteiger partial charge in [0.05, 0.1) is 32.5 Å². The van der Waals surface area contributed by atoms with Gasteiger partial charge in [-0.25, -0.2) is 0 Å². The van der Waals surface area contributed by atoms with Gasteiger partial charge in [-0.2, -0.15) is 0 Å². The summed E-state index contributed by atoms with van der Waals surface area (Å²) in [5.74, 6) is 0. The van der Waals surface area contributed by atoms with Crippen molar-refractivity contribution in [1.29, 1.82) is 0 Å². The summed E-state index contributed by atoms with van der Waals surface area (Å²) in [5, 5.41) is 0. The van der Waals surface area contributed by atoms with Crippen LogP contribution in [0.25, 0.3) is 0 Å². The van der Waals surface area contributed by atoms with Crippen LogP contribution in [0.1, 0.15) is 46.0 Å². The van der Waals surface area contributed by atoms with Crippen molar-refractivity contribution < 1.29 is 23.0 Å². The van der Waals surface area contributed by atoms with E-state index in [2.05, 4.69) is 6.92 Å². The Morgan fingerprint density at radius 3 is 1.95 bits per heavy atom. The molecule has 0 aromatic rings. The van der Waals surface area contributed by atoms with Crippen LogP contribution in [-0.4, -0.2) is 46.8 Å². The van der Waals surface area contributed by atoms with E-state index in [0.29, 0.717) is 26.4 Å². The Bertz CT molecular complexity index is 264. The summed E-state index contributed by atoms with van der Waals surface area (Å²) < 4.78 is 27.1. The van der Waals surface area contributed by atoms with Crippen LogP contribution >= 0.6 is 6.72 Å². The molecule has 0 aliphatic rings. The largest absolute Gasteiger partial charge is 0.382 e. The molecule has 0 saturated carbocycles. The number of rotatable bonds is 15. The maximum Gasteiger partial charge on any atom is 0.327 e. The molecule has 0 heterocycles. The molecule has 5 nitrogen and oxygen atoms in total. The van der Waals surface area contributed by atoms with Crippen LogP contribution in [0, 0.1) is 0 Å². The molecule has 128 valence electrons. The highest BCUT2D eigenvalue weighted by atomic mass is 32.5. The second-order valence-corrected chi connectivity index (χ2v) is 7.83. The number of hydrogen-bond acceptors (Lipinski definition) is 6. The van der Waals surface area contributed by atoms with Crippen LogP contribution in [0.2, 0.25) is 0 Å². The van der Waals surface area contributed by atoms with E-state index in [4.69, 9.17) is 34.9 Å². The molecule has 7 heteroatoms. The van der Waals surface area contributed by atoms with Gasteiger partial charge >= 0.3 is 6.72 Å². The van der Waals surface area contributed by atoms with Gasteiger partial charge in [-0.1, -0.05) is 32.6 Å². The van der Waals surface area contributed by atoms with E-state index in [1.165, 1.54) is 19.3 Å². The zero-order chi connectivity index (χ0) is 16.0. The van der Waals surface area contributed by atoms with Crippen LogP contribution in [0.3, 0.4) is 0 Å². The van der Waals surface area contributed by atoms with E-state index in [9.17, 15) is 0 Å². The van der Waals surface area contributed by atoms with E-state index in [-0.39, 0.29) is 6.10 Å². The van der Waals surface area contributed by atoms with Crippen molar-refractivity contribution in [2.24, 2.45) is 0 Å². The molecule has 0 aromatic heterocycles. The molecule has 0 bridgehead atoms. The predicted octanol–water partition coefficient (Wildman–Crippen LogP) is 3.91. The van der Waals surface area contributed by atoms with Crippen molar-refractivity contribution in [3.8, 4) is 0 Å². The van der Waals surface area contributed by atoms with E-state index >= 15 is 0 Å². The van der Waals surface area contributed by atoms with Crippen molar-refractivity contribution in [3.63, 3.8) is 0 Å². The first-order valence-corrected chi connectivity index (χ1v) is 10.2. The minimum Gasteiger partial charge on any atom is -0.382 e. The number of hydrogen-bond donors (Lipinski definition) is 0. The number of methoxy groups -OCH3 is 2. The molecule has 0 saturated heterocycles. The summed E-state index contributed by atoms with van der Waals surface area (Å²) in [5.41, 5.74) is 0. The Hall–Kier alpha value is 0.450. The summed E-state index contributed by atoms with van der Waals surface area (Å²) in [6, 6.07) is 0. The first-order valence-electron chi connectivity index (χ1n) is 7.63. The van der Waals surface area contributed by atoms with E-state index in [0.717, 1.165) is 12.8 Å². The molecule has 0 radical (unpaired) electrons. The summed E-state index contributed by atoms with van der Waals surface area (Å²) in [6.07, 6.45) is 5.86. The third-order valence-corrected chi connectivity index (χ3v) is 5.35. The van der Waals surface area contributed by atoms with Crippen LogP contribution in [0.4, 0.5) is 0 Å². The number of unbranched alkanes of at least 4 members (excludes halogenated alkanes) is 3. The highest BCUT2D eigenvalue weighted by Gasteiger charge is 2.23. The van der Waals surface area contributed by atoms with Gasteiger partial charge in [0.2, 0.25) is 0 Å². The lowest BCUT2D eigenvalue weighted by molar-refractivity contribution is 0.0748. The first-order chi connectivity index (χ1) is 10.1. The second kappa shape index (κ2) is 14.1. The van der Waals surface area contributed by atoms with Gasteiger partial charge in [0.25, 0.3) is 0 Å². The molecule has 0 aliphatic carbocycles. The zero-order valence-electron chi connectivity index (χ0n) is 13.8. The van der Waals surface area contributed by atoms with Crippen molar-refractivity contribution in [2.45, 2.75) is 52.1 Å². The van der Waals surface area contributed by atoms with Gasteiger partial charge in [-0.3, -0.25) is 0 Å². The van der Waals surface area contributed by atoms with Crippen LogP contribution in [-0.2, 0) is 34.9 Å². The Morgan fingerprint density at radius 1 is 0.905 bits per heavy atom. The molecule has 0 spiro atoms. The third-order valence-electron chi connectivity index (χ3n) is 2.85. The molecule has 0 aromatic carbocycles. The monoisotopic (exact) mass is 342 g/mol. The maximum absolute atomic E-state index is 5.88. The first kappa shape index (κ1) is 21.4. The van der Waals surface area contributed by atoms with Crippen molar-refractivity contribution in [3.05, 3.63) is 0 Å². The zero-order valence-corrected chi connectivity index (χ0v) is 15.5. The Balaban J connectivity index is 4.19. The van der Waals surface area contributed by atoms with Gasteiger partial charge in [0, 0.05) is 14.2 Å². The molecular weight excluding hydrogens is 311 g/mol. The SMILES string of the molecule is CCCCCCC(C)OP(=S)(OCCOC)OCCOC. The normalized spacial score (nSPS) is 13.5. The van der Waals surface area contributed by atoms with E-state index in [1.54, 1.807) is 14.2 Å². The van der Waals surface area contributed by atoms with E-state index < -0.39 is 6.72 Å². The minimum absolute atomic E-state index is 0.0396. The Labute approximate surface area is 134 Å². The highest BCUT2D eigenvalue weighted by molar-refractivity contribution is 8.07. The quantitative estimate of drug-likeness (QED) is 0.332. The van der Waals surface area contributed by atoms with Crippen LogP contribution in [0.15, 0.2) is 0 Å². The summed E-state index contributed by atoms with van der Waals surface area (Å²) in [7, 11) is 3.24. The minimum atomic E-state index is -2.72. The van der Waals surface area contributed by atoms with Gasteiger partial charge in [-0.05, 0) is 25.2 Å². The molecule has 0 amide bonds. The Kier molecular flexibility index (Phi) is 14.4. The van der Waals surface area contributed by atoms with Crippen molar-refractivity contribution >= 4 is 18.5 Å². The number of ether oxygens (including phenoxy) is 2. The van der Waals surface area contributed by atoms with E-state index in [1.807, 2.05) is 6.92 Å². The highest BCUT2D eigenvalue weighted by Crippen LogP contribution is 2.51. The maximum atomic E-state index is 5.88. The Morgan fingerprint density at radius 2 is 1.48 bits per heavy atom. The average Bonchev–Trinajstić information content (AvgIpc) is 2.44. The fourth-order valence-electron chi connectivity index (χ4n) is 1.69. The molecule has 0 fully saturated rings. The summed E-state index contributed by atoms with van der Waals surface area (Å²) >= 11 is 5.44. The standard InChI is InChI=1S/C14H31O5PS/c1-5-6-7-8-9-14(2)19-20(21,17-12-10-15-3)18-13-11-16-4/h14H,5-13H2,1-4H3. The molecule has 0 N–H and O–H groups in total. The van der Waals surface area contributed by atoms with Crippen LogP contribution in [0.5, 0.6) is 0 Å². The van der Waals surface area contributed by atoms with Gasteiger partial charge in [-0.15, -0.1) is 0 Å². The predicted molar refractivity (Wildman–Crippen MR) is 89.2 cm³/mol. The van der Waals surface area contributed by atoms with Crippen LogP contribution < -0.4 is 0 Å². The smallest absolute Gasteiger partial charge is 0.327 e. The van der Waals surface area contributed by atoms with Gasteiger partial charge in [0.15, 0.2) is 0 Å². The molecular formula is C14H31O5PS. The molecule has 1 unspecified atom stereocenters. The third kappa shape index (κ3) is 12.7. The fraction of sp³-hybridized carbons (Fsp3) is 1.00. The van der Waals surface area contributed by atoms with Gasteiger partial charge in [0.1, 0.15) is 0 Å². The molecule has 1 atom stereocenters. The topological polar surface area (TPSA) is 46.2 Å². The van der Waals surface area contributed by atoms with Gasteiger partial charge < -0.3 is 23.0 Å². The molecule has 21 heavy (non-hydrogen) atoms. The summed E-state index contributed by atoms with van der Waals surface area (Å²) in [4.78, 5) is 0. The lowest BCUT2D eigenvalue weighted by Crippen LogP contribution is -2.13. The average molecular weight is 342 g/mol. The second-order valence-electron chi connectivity index (χ2n) is 4.86. The molecule has 0 aliphatic heterocycles. The summed E-state index contributed by atoms with van der Waals surface area (Å²) in [6.45, 7) is 3.21. The molecule has 0 rings (SSSR count). The lowest BCUT2D eigenvalue weighted by Gasteiger charge is -2.25. The van der Waals surface area contributed by atoms with Crippen molar-refractivity contribution in [2.75, 3.05) is 40.6 Å². The van der Waals surface area contributed by atoms with Crippen molar-refractivity contribution in [1.82, 2.24) is 0 Å². The lowest BCUT2D eigenvalue weighted by atomic mass is 10.1.